The molecule has 1 N–H and O–H groups in total. The average molecular weight is 364 g/mol. The van der Waals surface area contributed by atoms with Crippen molar-refractivity contribution in [3.05, 3.63) is 59.3 Å². The fourth-order valence-corrected chi connectivity index (χ4v) is 3.39. The lowest BCUT2D eigenvalue weighted by atomic mass is 10.1. The molecule has 1 aliphatic rings. The molecule has 1 aromatic heterocycles. The molecule has 6 heteroatoms. The summed E-state index contributed by atoms with van der Waals surface area (Å²) in [6, 6.07) is 13.2. The second-order valence-electron chi connectivity index (χ2n) is 6.76. The van der Waals surface area contributed by atoms with Gasteiger partial charge in [0.2, 0.25) is 0 Å². The molecule has 0 saturated carbocycles. The maximum Gasteiger partial charge on any atom is 0.312 e. The molecule has 0 fully saturated rings. The van der Waals surface area contributed by atoms with Crippen molar-refractivity contribution in [2.24, 2.45) is 0 Å². The molecule has 0 spiro atoms. The van der Waals surface area contributed by atoms with Crippen LogP contribution in [0.3, 0.4) is 0 Å². The highest BCUT2D eigenvalue weighted by Gasteiger charge is 2.21. The van der Waals surface area contributed by atoms with Gasteiger partial charge in [-0.05, 0) is 61.6 Å². The van der Waals surface area contributed by atoms with Gasteiger partial charge >= 0.3 is 5.97 Å². The van der Waals surface area contributed by atoms with Crippen LogP contribution < -0.4 is 5.32 Å². The molecule has 27 heavy (non-hydrogen) atoms. The Labute approximate surface area is 156 Å². The second kappa shape index (κ2) is 7.23. The van der Waals surface area contributed by atoms with E-state index >= 15 is 0 Å². The second-order valence-corrected chi connectivity index (χ2v) is 6.76. The normalized spacial score (nSPS) is 14.0. The van der Waals surface area contributed by atoms with Gasteiger partial charge in [0.15, 0.2) is 11.7 Å². The SMILES string of the molecule is C[C@H](OC(=O)Cc1noc2ccccc12)C(=O)Nc1ccc2c(c1)CCC2. The van der Waals surface area contributed by atoms with Crippen LogP contribution in [0.1, 0.15) is 30.2 Å². The Balaban J connectivity index is 1.36. The summed E-state index contributed by atoms with van der Waals surface area (Å²) in [7, 11) is 0. The number of fused-ring (bicyclic) bond motifs is 2. The summed E-state index contributed by atoms with van der Waals surface area (Å²) in [5.74, 6) is -0.878. The molecule has 6 nitrogen and oxygen atoms in total. The third kappa shape index (κ3) is 3.69. The number of hydrogen-bond donors (Lipinski definition) is 1. The lowest BCUT2D eigenvalue weighted by Crippen LogP contribution is -2.30. The van der Waals surface area contributed by atoms with Crippen molar-refractivity contribution in [1.82, 2.24) is 5.16 Å². The smallest absolute Gasteiger partial charge is 0.312 e. The molecule has 1 heterocycles. The largest absolute Gasteiger partial charge is 0.452 e. The zero-order valence-corrected chi connectivity index (χ0v) is 15.0. The van der Waals surface area contributed by atoms with E-state index in [1.165, 1.54) is 11.1 Å². The van der Waals surface area contributed by atoms with E-state index in [1.54, 1.807) is 13.0 Å². The molecule has 0 unspecified atom stereocenters. The lowest BCUT2D eigenvalue weighted by Gasteiger charge is -2.14. The number of hydrogen-bond acceptors (Lipinski definition) is 5. The van der Waals surface area contributed by atoms with Crippen LogP contribution in [0, 0.1) is 0 Å². The molecular weight excluding hydrogens is 344 g/mol. The van der Waals surface area contributed by atoms with E-state index in [2.05, 4.69) is 10.5 Å². The average Bonchev–Trinajstić information content (AvgIpc) is 3.28. The predicted molar refractivity (Wildman–Crippen MR) is 100 cm³/mol. The number of para-hydroxylation sites is 1. The van der Waals surface area contributed by atoms with Crippen LogP contribution in [0.4, 0.5) is 5.69 Å². The van der Waals surface area contributed by atoms with E-state index in [-0.39, 0.29) is 12.3 Å². The van der Waals surface area contributed by atoms with E-state index in [4.69, 9.17) is 9.26 Å². The van der Waals surface area contributed by atoms with Crippen molar-refractivity contribution in [2.75, 3.05) is 5.32 Å². The van der Waals surface area contributed by atoms with Gasteiger partial charge in [0.25, 0.3) is 5.91 Å². The number of aromatic nitrogens is 1. The van der Waals surface area contributed by atoms with Crippen molar-refractivity contribution < 1.29 is 18.8 Å². The molecule has 4 rings (SSSR count). The first kappa shape index (κ1) is 17.3. The number of carbonyl (C=O) groups excluding carboxylic acids is 2. The van der Waals surface area contributed by atoms with Crippen LogP contribution in [0.5, 0.6) is 0 Å². The van der Waals surface area contributed by atoms with Gasteiger partial charge in [-0.15, -0.1) is 0 Å². The van der Waals surface area contributed by atoms with Gasteiger partial charge in [0, 0.05) is 11.1 Å². The number of benzene rings is 2. The third-order valence-corrected chi connectivity index (χ3v) is 4.81. The Morgan fingerprint density at radius 3 is 2.89 bits per heavy atom. The number of carbonyl (C=O) groups is 2. The fraction of sp³-hybridized carbons (Fsp3) is 0.286. The fourth-order valence-electron chi connectivity index (χ4n) is 3.39. The zero-order chi connectivity index (χ0) is 18.8. The summed E-state index contributed by atoms with van der Waals surface area (Å²) in [4.78, 5) is 24.5. The van der Waals surface area contributed by atoms with Crippen LogP contribution in [0.25, 0.3) is 11.0 Å². The third-order valence-electron chi connectivity index (χ3n) is 4.81. The van der Waals surface area contributed by atoms with Gasteiger partial charge in [0.05, 0.1) is 6.42 Å². The minimum atomic E-state index is -0.899. The summed E-state index contributed by atoms with van der Waals surface area (Å²) in [6.07, 6.45) is 2.33. The summed E-state index contributed by atoms with van der Waals surface area (Å²) < 4.78 is 10.4. The maximum absolute atomic E-state index is 12.3. The van der Waals surface area contributed by atoms with E-state index in [0.29, 0.717) is 11.3 Å². The Morgan fingerprint density at radius 1 is 1.19 bits per heavy atom. The van der Waals surface area contributed by atoms with Gasteiger partial charge in [-0.2, -0.15) is 0 Å². The summed E-state index contributed by atoms with van der Waals surface area (Å²) >= 11 is 0. The number of amides is 1. The molecule has 138 valence electrons. The highest BCUT2D eigenvalue weighted by atomic mass is 16.5. The Hall–Kier alpha value is -3.15. The topological polar surface area (TPSA) is 81.4 Å². The molecule has 1 atom stereocenters. The minimum Gasteiger partial charge on any atom is -0.452 e. The Bertz CT molecular complexity index is 1010. The molecular formula is C21H20N2O4. The van der Waals surface area contributed by atoms with Gasteiger partial charge in [-0.25, -0.2) is 0 Å². The van der Waals surface area contributed by atoms with Crippen molar-refractivity contribution in [1.29, 1.82) is 0 Å². The Morgan fingerprint density at radius 2 is 2.00 bits per heavy atom. The standard InChI is InChI=1S/C21H20N2O4/c1-13(21(25)22-16-10-9-14-5-4-6-15(14)11-16)26-20(24)12-18-17-7-2-3-8-19(17)27-23-18/h2-3,7-11,13H,4-6,12H2,1H3,(H,22,25)/t13-/m0/s1. The first-order valence-electron chi connectivity index (χ1n) is 9.05. The molecule has 0 bridgehead atoms. The van der Waals surface area contributed by atoms with E-state index in [1.807, 2.05) is 36.4 Å². The molecule has 0 aliphatic heterocycles. The minimum absolute atomic E-state index is 0.0481. The number of aryl methyl sites for hydroxylation is 2. The number of ether oxygens (including phenoxy) is 1. The van der Waals surface area contributed by atoms with Crippen molar-refractivity contribution >= 4 is 28.5 Å². The summed E-state index contributed by atoms with van der Waals surface area (Å²) in [6.45, 7) is 1.56. The quantitative estimate of drug-likeness (QED) is 0.702. The lowest BCUT2D eigenvalue weighted by molar-refractivity contribution is -0.152. The summed E-state index contributed by atoms with van der Waals surface area (Å²) in [5.41, 5.74) is 4.46. The van der Waals surface area contributed by atoms with Crippen molar-refractivity contribution in [3.8, 4) is 0 Å². The number of rotatable bonds is 5. The number of nitrogens with zero attached hydrogens (tertiary/aromatic N) is 1. The van der Waals surface area contributed by atoms with Crippen LogP contribution >= 0.6 is 0 Å². The van der Waals surface area contributed by atoms with E-state index in [9.17, 15) is 9.59 Å². The van der Waals surface area contributed by atoms with E-state index < -0.39 is 12.1 Å². The number of nitrogens with one attached hydrogen (secondary N) is 1. The molecule has 2 aromatic carbocycles. The van der Waals surface area contributed by atoms with Crippen molar-refractivity contribution in [2.45, 2.75) is 38.7 Å². The van der Waals surface area contributed by atoms with Crippen LogP contribution in [0.15, 0.2) is 47.0 Å². The molecule has 0 saturated heterocycles. The maximum atomic E-state index is 12.3. The van der Waals surface area contributed by atoms with Gasteiger partial charge < -0.3 is 14.6 Å². The summed E-state index contributed by atoms with van der Waals surface area (Å²) in [5, 5.41) is 7.50. The van der Waals surface area contributed by atoms with Gasteiger partial charge in [-0.3, -0.25) is 9.59 Å². The Kier molecular flexibility index (Phi) is 4.62. The number of anilines is 1. The highest BCUT2D eigenvalue weighted by molar-refractivity contribution is 5.95. The zero-order valence-electron chi connectivity index (χ0n) is 15.0. The van der Waals surface area contributed by atoms with Crippen molar-refractivity contribution in [3.63, 3.8) is 0 Å². The first-order chi connectivity index (χ1) is 13.1. The van der Waals surface area contributed by atoms with Gasteiger partial charge in [0.1, 0.15) is 5.69 Å². The molecule has 1 aliphatic carbocycles. The monoisotopic (exact) mass is 364 g/mol. The molecule has 1 amide bonds. The van der Waals surface area contributed by atoms with Gasteiger partial charge in [-0.1, -0.05) is 23.4 Å². The molecule has 3 aromatic rings. The van der Waals surface area contributed by atoms with E-state index in [0.717, 1.165) is 30.3 Å². The predicted octanol–water partition coefficient (Wildman–Crippen LogP) is 3.43. The first-order valence-corrected chi connectivity index (χ1v) is 9.05. The highest BCUT2D eigenvalue weighted by Crippen LogP contribution is 2.25. The van der Waals surface area contributed by atoms with Crippen LogP contribution in [-0.2, 0) is 33.6 Å². The van der Waals surface area contributed by atoms with Crippen LogP contribution in [0.2, 0.25) is 0 Å². The molecule has 0 radical (unpaired) electrons. The van der Waals surface area contributed by atoms with Crippen LogP contribution in [-0.4, -0.2) is 23.1 Å². The number of esters is 1.